The number of ether oxygens (including phenoxy) is 3. The first-order valence-electron chi connectivity index (χ1n) is 9.12. The van der Waals surface area contributed by atoms with Crippen molar-refractivity contribution in [1.82, 2.24) is 4.90 Å². The molecule has 0 unspecified atom stereocenters. The summed E-state index contributed by atoms with van der Waals surface area (Å²) in [5.74, 6) is 0.194. The Kier molecular flexibility index (Phi) is 6.10. The van der Waals surface area contributed by atoms with Gasteiger partial charge in [-0.05, 0) is 30.4 Å². The highest BCUT2D eigenvalue weighted by Crippen LogP contribution is 2.40. The first-order valence-corrected chi connectivity index (χ1v) is 9.12. The van der Waals surface area contributed by atoms with Crippen LogP contribution in [0.2, 0.25) is 0 Å². The molecule has 2 heterocycles. The summed E-state index contributed by atoms with van der Waals surface area (Å²) < 4.78 is 16.6. The van der Waals surface area contributed by atoms with Gasteiger partial charge >= 0.3 is 0 Å². The summed E-state index contributed by atoms with van der Waals surface area (Å²) in [7, 11) is 3.43. The van der Waals surface area contributed by atoms with Gasteiger partial charge in [0, 0.05) is 39.3 Å². The molecule has 2 saturated heterocycles. The zero-order valence-electron chi connectivity index (χ0n) is 15.3. The summed E-state index contributed by atoms with van der Waals surface area (Å²) in [4.78, 5) is 14.8. The lowest BCUT2D eigenvalue weighted by atomic mass is 9.73. The van der Waals surface area contributed by atoms with Crippen molar-refractivity contribution in [2.24, 2.45) is 5.41 Å². The molecule has 0 spiro atoms. The highest BCUT2D eigenvalue weighted by molar-refractivity contribution is 5.79. The number of nitrogens with zero attached hydrogens (tertiary/aromatic N) is 1. The average molecular weight is 347 g/mol. The standard InChI is InChI=1S/C20H29NO4/c1-23-13-17-6-4-16(5-7-17)12-19(22)21-10-8-18-20(14-21,15-24-2)9-3-11-25-18/h4-7,18H,3,8-15H2,1-2H3/t18-,20-/m1/s1. The fraction of sp³-hybridized carbons (Fsp3) is 0.650. The third-order valence-corrected chi connectivity index (χ3v) is 5.46. The molecule has 1 aromatic rings. The van der Waals surface area contributed by atoms with Crippen LogP contribution in [0.4, 0.5) is 0 Å². The highest BCUT2D eigenvalue weighted by Gasteiger charge is 2.46. The number of rotatable bonds is 6. The molecular formula is C20H29NO4. The molecule has 25 heavy (non-hydrogen) atoms. The first kappa shape index (κ1) is 18.4. The SMILES string of the molecule is COCc1ccc(CC(=O)N2CC[C@H]3OCCC[C@]3(COC)C2)cc1. The van der Waals surface area contributed by atoms with Crippen molar-refractivity contribution in [1.29, 1.82) is 0 Å². The molecule has 5 nitrogen and oxygen atoms in total. The zero-order chi connectivity index (χ0) is 17.7. The third kappa shape index (κ3) is 4.22. The second-order valence-electron chi connectivity index (χ2n) is 7.29. The van der Waals surface area contributed by atoms with Crippen LogP contribution in [0.1, 0.15) is 30.4 Å². The Morgan fingerprint density at radius 1 is 1.24 bits per heavy atom. The summed E-state index contributed by atoms with van der Waals surface area (Å²) in [5, 5.41) is 0. The zero-order valence-corrected chi connectivity index (χ0v) is 15.3. The number of hydrogen-bond donors (Lipinski definition) is 0. The Morgan fingerprint density at radius 3 is 2.72 bits per heavy atom. The molecule has 2 fully saturated rings. The van der Waals surface area contributed by atoms with E-state index in [2.05, 4.69) is 0 Å². The summed E-state index contributed by atoms with van der Waals surface area (Å²) in [6.45, 7) is 3.61. The smallest absolute Gasteiger partial charge is 0.227 e. The van der Waals surface area contributed by atoms with E-state index < -0.39 is 0 Å². The Morgan fingerprint density at radius 2 is 2.00 bits per heavy atom. The largest absolute Gasteiger partial charge is 0.384 e. The van der Waals surface area contributed by atoms with E-state index in [-0.39, 0.29) is 17.4 Å². The molecule has 0 N–H and O–H groups in total. The molecule has 1 amide bonds. The number of carbonyl (C=O) groups excluding carboxylic acids is 1. The Bertz CT molecular complexity index is 570. The predicted octanol–water partition coefficient (Wildman–Crippen LogP) is 2.42. The fourth-order valence-electron chi connectivity index (χ4n) is 4.21. The second-order valence-corrected chi connectivity index (χ2v) is 7.29. The van der Waals surface area contributed by atoms with Crippen molar-refractivity contribution in [2.75, 3.05) is 40.5 Å². The molecule has 0 bridgehead atoms. The first-order chi connectivity index (χ1) is 12.2. The van der Waals surface area contributed by atoms with Gasteiger partial charge in [-0.2, -0.15) is 0 Å². The molecule has 0 aliphatic carbocycles. The van der Waals surface area contributed by atoms with Crippen molar-refractivity contribution in [3.63, 3.8) is 0 Å². The van der Waals surface area contributed by atoms with Gasteiger partial charge in [0.25, 0.3) is 0 Å². The molecule has 0 saturated carbocycles. The minimum absolute atomic E-state index is 0.0385. The quantitative estimate of drug-likeness (QED) is 0.793. The number of amides is 1. The van der Waals surface area contributed by atoms with E-state index in [1.165, 1.54) is 0 Å². The minimum atomic E-state index is -0.0385. The number of methoxy groups -OCH3 is 2. The Labute approximate surface area is 150 Å². The van der Waals surface area contributed by atoms with Crippen LogP contribution in [0.3, 0.4) is 0 Å². The summed E-state index contributed by atoms with van der Waals surface area (Å²) >= 11 is 0. The summed E-state index contributed by atoms with van der Waals surface area (Å²) in [6, 6.07) is 8.10. The van der Waals surface area contributed by atoms with Gasteiger partial charge in [0.15, 0.2) is 0 Å². The van der Waals surface area contributed by atoms with Crippen LogP contribution >= 0.6 is 0 Å². The molecule has 138 valence electrons. The summed E-state index contributed by atoms with van der Waals surface area (Å²) in [6.07, 6.45) is 3.69. The van der Waals surface area contributed by atoms with Crippen molar-refractivity contribution in [3.05, 3.63) is 35.4 Å². The number of piperidine rings is 1. The van der Waals surface area contributed by atoms with E-state index in [0.717, 1.165) is 50.1 Å². The molecule has 2 aliphatic heterocycles. The van der Waals surface area contributed by atoms with Gasteiger partial charge in [-0.25, -0.2) is 0 Å². The molecule has 3 rings (SSSR count). The van der Waals surface area contributed by atoms with Crippen molar-refractivity contribution in [2.45, 2.75) is 38.4 Å². The average Bonchev–Trinajstić information content (AvgIpc) is 2.63. The van der Waals surface area contributed by atoms with Gasteiger partial charge in [0.05, 0.1) is 25.7 Å². The van der Waals surface area contributed by atoms with Gasteiger partial charge in [0.1, 0.15) is 0 Å². The molecule has 1 aromatic carbocycles. The second kappa shape index (κ2) is 8.30. The van der Waals surface area contributed by atoms with E-state index in [4.69, 9.17) is 14.2 Å². The van der Waals surface area contributed by atoms with Gasteiger partial charge < -0.3 is 19.1 Å². The van der Waals surface area contributed by atoms with Crippen LogP contribution < -0.4 is 0 Å². The van der Waals surface area contributed by atoms with E-state index in [1.54, 1.807) is 14.2 Å². The minimum Gasteiger partial charge on any atom is -0.384 e. The van der Waals surface area contributed by atoms with Crippen LogP contribution in [0.5, 0.6) is 0 Å². The monoisotopic (exact) mass is 347 g/mol. The molecular weight excluding hydrogens is 318 g/mol. The van der Waals surface area contributed by atoms with Crippen LogP contribution in [0, 0.1) is 5.41 Å². The number of fused-ring (bicyclic) bond motifs is 1. The van der Waals surface area contributed by atoms with E-state index in [9.17, 15) is 4.79 Å². The van der Waals surface area contributed by atoms with E-state index >= 15 is 0 Å². The molecule has 2 atom stereocenters. The Balaban J connectivity index is 1.63. The number of carbonyl (C=O) groups is 1. The number of hydrogen-bond acceptors (Lipinski definition) is 4. The lowest BCUT2D eigenvalue weighted by Gasteiger charge is -2.50. The number of benzene rings is 1. The van der Waals surface area contributed by atoms with E-state index in [1.807, 2.05) is 29.2 Å². The highest BCUT2D eigenvalue weighted by atomic mass is 16.5. The fourth-order valence-corrected chi connectivity index (χ4v) is 4.21. The maximum absolute atomic E-state index is 12.8. The molecule has 0 radical (unpaired) electrons. The molecule has 5 heteroatoms. The third-order valence-electron chi connectivity index (χ3n) is 5.46. The van der Waals surface area contributed by atoms with Crippen LogP contribution in [-0.2, 0) is 32.0 Å². The summed E-state index contributed by atoms with van der Waals surface area (Å²) in [5.41, 5.74) is 2.13. The van der Waals surface area contributed by atoms with Gasteiger partial charge in [-0.1, -0.05) is 24.3 Å². The van der Waals surface area contributed by atoms with E-state index in [0.29, 0.717) is 19.6 Å². The maximum atomic E-state index is 12.8. The molecule has 2 aliphatic rings. The van der Waals surface area contributed by atoms with Crippen LogP contribution in [0.15, 0.2) is 24.3 Å². The van der Waals surface area contributed by atoms with Crippen LogP contribution in [0.25, 0.3) is 0 Å². The van der Waals surface area contributed by atoms with Crippen molar-refractivity contribution < 1.29 is 19.0 Å². The Hall–Kier alpha value is -1.43. The maximum Gasteiger partial charge on any atom is 0.227 e. The normalized spacial score (nSPS) is 26.3. The molecule has 0 aromatic heterocycles. The van der Waals surface area contributed by atoms with Crippen molar-refractivity contribution >= 4 is 5.91 Å². The predicted molar refractivity (Wildman–Crippen MR) is 95.3 cm³/mol. The van der Waals surface area contributed by atoms with Gasteiger partial charge in [0.2, 0.25) is 5.91 Å². The van der Waals surface area contributed by atoms with Crippen molar-refractivity contribution in [3.8, 4) is 0 Å². The van der Waals surface area contributed by atoms with Gasteiger partial charge in [-0.15, -0.1) is 0 Å². The lowest BCUT2D eigenvalue weighted by molar-refractivity contribution is -0.161. The number of likely N-dealkylation sites (tertiary alicyclic amines) is 1. The topological polar surface area (TPSA) is 48.0 Å². The lowest BCUT2D eigenvalue weighted by Crippen LogP contribution is -2.58. The van der Waals surface area contributed by atoms with Crippen LogP contribution in [-0.4, -0.2) is 57.4 Å². The van der Waals surface area contributed by atoms with Gasteiger partial charge in [-0.3, -0.25) is 4.79 Å².